The number of carbonyl (C=O) groups is 3. The number of ketones is 1. The Morgan fingerprint density at radius 3 is 2.12 bits per heavy atom. The molecular weight excluding hydrogens is 516 g/mol. The number of aryl methyl sites for hydroxylation is 1. The molecule has 0 bridgehead atoms. The average Bonchev–Trinajstić information content (AvgIpc) is 3.00. The topological polar surface area (TPSA) is 105 Å². The molecule has 0 saturated heterocycles. The lowest BCUT2D eigenvalue weighted by Gasteiger charge is -2.18. The lowest BCUT2D eigenvalue weighted by atomic mass is 10.00. The van der Waals surface area contributed by atoms with E-state index in [1.165, 1.54) is 5.56 Å². The first-order valence-electron chi connectivity index (χ1n) is 13.7. The molecule has 0 aromatic heterocycles. The second-order valence-electron chi connectivity index (χ2n) is 9.66. The van der Waals surface area contributed by atoms with Crippen LogP contribution in [0.5, 0.6) is 5.75 Å². The summed E-state index contributed by atoms with van der Waals surface area (Å²) >= 11 is 0. The summed E-state index contributed by atoms with van der Waals surface area (Å²) in [5.74, 6) is -0.570. The van der Waals surface area contributed by atoms with Crippen molar-refractivity contribution in [3.8, 4) is 5.75 Å². The van der Waals surface area contributed by atoms with Crippen LogP contribution in [0.3, 0.4) is 0 Å². The highest BCUT2D eigenvalue weighted by Crippen LogP contribution is 2.22. The smallest absolute Gasteiger partial charge is 0.326 e. The van der Waals surface area contributed by atoms with Crippen molar-refractivity contribution in [2.45, 2.75) is 31.7 Å². The van der Waals surface area contributed by atoms with Crippen LogP contribution in [0.25, 0.3) is 0 Å². The van der Waals surface area contributed by atoms with Crippen LogP contribution in [0.15, 0.2) is 109 Å². The highest BCUT2D eigenvalue weighted by atomic mass is 16.5. The number of amides is 1. The minimum Gasteiger partial charge on any atom is -0.492 e. The van der Waals surface area contributed by atoms with Gasteiger partial charge in [0, 0.05) is 29.7 Å². The summed E-state index contributed by atoms with van der Waals surface area (Å²) in [7, 11) is 0. The van der Waals surface area contributed by atoms with Crippen LogP contribution < -0.4 is 15.4 Å². The van der Waals surface area contributed by atoms with E-state index < -0.39 is 12.0 Å². The van der Waals surface area contributed by atoms with Crippen LogP contribution in [0.2, 0.25) is 0 Å². The predicted molar refractivity (Wildman–Crippen MR) is 159 cm³/mol. The van der Waals surface area contributed by atoms with Gasteiger partial charge in [-0.05, 0) is 48.2 Å². The molecule has 4 aromatic rings. The second-order valence-corrected chi connectivity index (χ2v) is 9.66. The standard InChI is InChI=1S/C34H34N2O5/c37-32(17-9-12-25-10-3-1-4-11-25)35-22-23-41-28-20-18-26(19-21-28)24-31(34(39)40)36-30-16-8-7-15-29(30)33(38)27-13-5-2-6-14-27/h1-8,10-11,13-16,18-21,31,36H,9,12,17,22-24H2,(H,35,37)(H,39,40). The first-order chi connectivity index (χ1) is 20.0. The number of ether oxygens (including phenoxy) is 1. The molecule has 1 unspecified atom stereocenters. The fourth-order valence-electron chi connectivity index (χ4n) is 4.44. The van der Waals surface area contributed by atoms with Crippen molar-refractivity contribution in [2.75, 3.05) is 18.5 Å². The Bertz CT molecular complexity index is 1420. The minimum atomic E-state index is -1.02. The van der Waals surface area contributed by atoms with Crippen LogP contribution >= 0.6 is 0 Å². The predicted octanol–water partition coefficient (Wildman–Crippen LogP) is 5.54. The van der Waals surface area contributed by atoms with E-state index in [1.807, 2.05) is 36.4 Å². The minimum absolute atomic E-state index is 0.000802. The number of para-hydroxylation sites is 1. The van der Waals surface area contributed by atoms with Gasteiger partial charge in [-0.25, -0.2) is 4.79 Å². The molecule has 4 aromatic carbocycles. The highest BCUT2D eigenvalue weighted by molar-refractivity contribution is 6.12. The second kappa shape index (κ2) is 15.0. The highest BCUT2D eigenvalue weighted by Gasteiger charge is 2.21. The number of benzene rings is 4. The molecule has 0 spiro atoms. The third kappa shape index (κ3) is 9.07. The number of carbonyl (C=O) groups excluding carboxylic acids is 2. The molecule has 0 radical (unpaired) electrons. The van der Waals surface area contributed by atoms with Gasteiger partial charge < -0.3 is 20.5 Å². The molecule has 7 heteroatoms. The number of hydrogen-bond acceptors (Lipinski definition) is 5. The van der Waals surface area contributed by atoms with Crippen LogP contribution in [0, 0.1) is 0 Å². The van der Waals surface area contributed by atoms with E-state index in [0.717, 1.165) is 18.4 Å². The van der Waals surface area contributed by atoms with E-state index in [9.17, 15) is 19.5 Å². The lowest BCUT2D eigenvalue weighted by Crippen LogP contribution is -2.32. The summed E-state index contributed by atoms with van der Waals surface area (Å²) in [5.41, 5.74) is 3.44. The summed E-state index contributed by atoms with van der Waals surface area (Å²) in [6, 6.07) is 32.2. The number of carboxylic acid groups (broad SMARTS) is 1. The molecule has 7 nitrogen and oxygen atoms in total. The number of rotatable bonds is 15. The molecule has 1 atom stereocenters. The number of nitrogens with one attached hydrogen (secondary N) is 2. The molecule has 0 saturated carbocycles. The largest absolute Gasteiger partial charge is 0.492 e. The van der Waals surface area contributed by atoms with Crippen molar-refractivity contribution in [1.82, 2.24) is 5.32 Å². The third-order valence-corrected chi connectivity index (χ3v) is 6.60. The van der Waals surface area contributed by atoms with Gasteiger partial charge in [-0.3, -0.25) is 9.59 Å². The SMILES string of the molecule is O=C(CCCc1ccccc1)NCCOc1ccc(CC(Nc2ccccc2C(=O)c2ccccc2)C(=O)O)cc1. The number of anilines is 1. The zero-order valence-electron chi connectivity index (χ0n) is 22.8. The van der Waals surface area contributed by atoms with Crippen LogP contribution in [0.4, 0.5) is 5.69 Å². The Labute approximate surface area is 240 Å². The van der Waals surface area contributed by atoms with Gasteiger partial charge in [-0.2, -0.15) is 0 Å². The van der Waals surface area contributed by atoms with E-state index in [2.05, 4.69) is 22.8 Å². The zero-order valence-corrected chi connectivity index (χ0v) is 22.8. The van der Waals surface area contributed by atoms with E-state index in [0.29, 0.717) is 42.1 Å². The van der Waals surface area contributed by atoms with Crippen LogP contribution in [0.1, 0.15) is 39.9 Å². The summed E-state index contributed by atoms with van der Waals surface area (Å²) in [6.45, 7) is 0.730. The van der Waals surface area contributed by atoms with Crippen LogP contribution in [-0.2, 0) is 22.4 Å². The molecule has 0 aliphatic rings. The van der Waals surface area contributed by atoms with Crippen molar-refractivity contribution in [3.05, 3.63) is 131 Å². The average molecular weight is 551 g/mol. The molecule has 210 valence electrons. The summed E-state index contributed by atoms with van der Waals surface area (Å²) in [4.78, 5) is 37.2. The van der Waals surface area contributed by atoms with Crippen LogP contribution in [-0.4, -0.2) is 42.0 Å². The van der Waals surface area contributed by atoms with Gasteiger partial charge in [0.2, 0.25) is 5.91 Å². The Balaban J connectivity index is 1.24. The Kier molecular flexibility index (Phi) is 10.7. The maximum atomic E-state index is 13.0. The van der Waals surface area contributed by atoms with E-state index >= 15 is 0 Å². The number of hydrogen-bond donors (Lipinski definition) is 3. The monoisotopic (exact) mass is 550 g/mol. The lowest BCUT2D eigenvalue weighted by molar-refractivity contribution is -0.137. The van der Waals surface area contributed by atoms with E-state index in [1.54, 1.807) is 60.7 Å². The molecule has 0 heterocycles. The van der Waals surface area contributed by atoms with Crippen molar-refractivity contribution in [2.24, 2.45) is 0 Å². The van der Waals surface area contributed by atoms with Gasteiger partial charge in [0.15, 0.2) is 5.78 Å². The number of carboxylic acids is 1. The van der Waals surface area contributed by atoms with E-state index in [-0.39, 0.29) is 18.1 Å². The molecule has 4 rings (SSSR count). The molecule has 0 fully saturated rings. The summed E-state index contributed by atoms with van der Waals surface area (Å²) in [5, 5.41) is 15.8. The normalized spacial score (nSPS) is 11.3. The van der Waals surface area contributed by atoms with Gasteiger partial charge in [-0.1, -0.05) is 84.9 Å². The quantitative estimate of drug-likeness (QED) is 0.133. The molecule has 3 N–H and O–H groups in total. The van der Waals surface area contributed by atoms with Gasteiger partial charge >= 0.3 is 5.97 Å². The summed E-state index contributed by atoms with van der Waals surface area (Å²) < 4.78 is 5.73. The van der Waals surface area contributed by atoms with E-state index in [4.69, 9.17) is 4.74 Å². The Hall–Kier alpha value is -4.91. The zero-order chi connectivity index (χ0) is 28.9. The number of aliphatic carboxylic acids is 1. The van der Waals surface area contributed by atoms with Crippen molar-refractivity contribution >= 4 is 23.3 Å². The van der Waals surface area contributed by atoms with Crippen molar-refractivity contribution < 1.29 is 24.2 Å². The maximum Gasteiger partial charge on any atom is 0.326 e. The molecule has 41 heavy (non-hydrogen) atoms. The van der Waals surface area contributed by atoms with Crippen molar-refractivity contribution in [3.63, 3.8) is 0 Å². The van der Waals surface area contributed by atoms with Gasteiger partial charge in [-0.15, -0.1) is 0 Å². The third-order valence-electron chi connectivity index (χ3n) is 6.60. The van der Waals surface area contributed by atoms with Gasteiger partial charge in [0.05, 0.1) is 6.54 Å². The van der Waals surface area contributed by atoms with Gasteiger partial charge in [0.1, 0.15) is 18.4 Å². The molecule has 1 amide bonds. The fraction of sp³-hybridized carbons (Fsp3) is 0.206. The molecule has 0 aliphatic heterocycles. The maximum absolute atomic E-state index is 13.0. The molecule has 0 aliphatic carbocycles. The Morgan fingerprint density at radius 2 is 1.41 bits per heavy atom. The van der Waals surface area contributed by atoms with Crippen molar-refractivity contribution in [1.29, 1.82) is 0 Å². The summed E-state index contributed by atoms with van der Waals surface area (Å²) in [6.07, 6.45) is 2.34. The first kappa shape index (κ1) is 29.1. The fourth-order valence-corrected chi connectivity index (χ4v) is 4.44. The Morgan fingerprint density at radius 1 is 0.756 bits per heavy atom. The van der Waals surface area contributed by atoms with Gasteiger partial charge in [0.25, 0.3) is 0 Å². The first-order valence-corrected chi connectivity index (χ1v) is 13.7. The molecular formula is C34H34N2O5.